The van der Waals surface area contributed by atoms with E-state index in [1.807, 2.05) is 48.5 Å². The molecule has 1 fully saturated rings. The number of rotatable bonds is 2. The maximum absolute atomic E-state index is 12.4. The molecule has 1 heteroatoms. The summed E-state index contributed by atoms with van der Waals surface area (Å²) < 4.78 is 0. The monoisotopic (exact) mass is 288 g/mol. The molecule has 0 radical (unpaired) electrons. The van der Waals surface area contributed by atoms with Gasteiger partial charge in [-0.25, -0.2) is 0 Å². The van der Waals surface area contributed by atoms with Crippen LogP contribution in [0.1, 0.15) is 42.7 Å². The van der Waals surface area contributed by atoms with Crippen LogP contribution in [0.2, 0.25) is 0 Å². The van der Waals surface area contributed by atoms with E-state index in [9.17, 15) is 4.79 Å². The third-order valence-electron chi connectivity index (χ3n) is 4.31. The van der Waals surface area contributed by atoms with Gasteiger partial charge in [0.25, 0.3) is 0 Å². The van der Waals surface area contributed by atoms with Gasteiger partial charge in [-0.15, -0.1) is 0 Å². The minimum Gasteiger partial charge on any atom is -0.299 e. The van der Waals surface area contributed by atoms with E-state index in [1.54, 1.807) is 0 Å². The van der Waals surface area contributed by atoms with Crippen molar-refractivity contribution in [3.05, 3.63) is 71.8 Å². The van der Waals surface area contributed by atoms with Gasteiger partial charge in [0.15, 0.2) is 0 Å². The Kier molecular flexibility index (Phi) is 4.71. The highest BCUT2D eigenvalue weighted by atomic mass is 16.1. The summed E-state index contributed by atoms with van der Waals surface area (Å²) in [5.74, 6) is 7.07. The fourth-order valence-electron chi connectivity index (χ4n) is 3.12. The van der Waals surface area contributed by atoms with Crippen LogP contribution in [0.5, 0.6) is 0 Å². The quantitative estimate of drug-likeness (QED) is 0.739. The number of hydrogen-bond donors (Lipinski definition) is 0. The molecule has 0 amide bonds. The van der Waals surface area contributed by atoms with Gasteiger partial charge in [-0.1, -0.05) is 66.8 Å². The number of ketones is 1. The van der Waals surface area contributed by atoms with Crippen LogP contribution < -0.4 is 0 Å². The number of carbonyl (C=O) groups excluding carboxylic acids is 1. The van der Waals surface area contributed by atoms with Crippen molar-refractivity contribution in [2.75, 3.05) is 0 Å². The van der Waals surface area contributed by atoms with E-state index in [4.69, 9.17) is 0 Å². The predicted molar refractivity (Wildman–Crippen MR) is 89.5 cm³/mol. The lowest BCUT2D eigenvalue weighted by molar-refractivity contribution is -0.124. The topological polar surface area (TPSA) is 17.1 Å². The first-order valence-electron chi connectivity index (χ1n) is 7.99. The SMILES string of the molecule is O=C1CCCC[C@H]1[C@@H](C#Cc1ccccc1)c1ccccc1. The highest BCUT2D eigenvalue weighted by Gasteiger charge is 2.30. The third kappa shape index (κ3) is 3.46. The number of hydrogen-bond acceptors (Lipinski definition) is 1. The fraction of sp³-hybridized carbons (Fsp3) is 0.286. The van der Waals surface area contributed by atoms with Gasteiger partial charge in [0.2, 0.25) is 0 Å². The molecule has 1 aliphatic rings. The molecule has 2 aromatic rings. The minimum absolute atomic E-state index is 0.00852. The molecule has 0 N–H and O–H groups in total. The largest absolute Gasteiger partial charge is 0.299 e. The van der Waals surface area contributed by atoms with Gasteiger partial charge in [-0.05, 0) is 30.5 Å². The lowest BCUT2D eigenvalue weighted by Gasteiger charge is -2.26. The Balaban J connectivity index is 1.93. The van der Waals surface area contributed by atoms with Crippen molar-refractivity contribution in [3.63, 3.8) is 0 Å². The molecule has 2 aromatic carbocycles. The van der Waals surface area contributed by atoms with Crippen molar-refractivity contribution >= 4 is 5.78 Å². The standard InChI is InChI=1S/C21H20O/c22-21-14-8-7-13-20(21)19(18-11-5-2-6-12-18)16-15-17-9-3-1-4-10-17/h1-6,9-12,19-20H,7-8,13-14H2/t19-,20-/m0/s1. The summed E-state index contributed by atoms with van der Waals surface area (Å²) in [4.78, 5) is 12.4. The second-order valence-corrected chi connectivity index (χ2v) is 5.84. The van der Waals surface area contributed by atoms with Crippen LogP contribution in [0, 0.1) is 17.8 Å². The van der Waals surface area contributed by atoms with Gasteiger partial charge in [0.05, 0.1) is 5.92 Å². The summed E-state index contributed by atoms with van der Waals surface area (Å²) in [6.45, 7) is 0. The normalized spacial score (nSPS) is 19.1. The van der Waals surface area contributed by atoms with Crippen molar-refractivity contribution in [3.8, 4) is 11.8 Å². The average Bonchev–Trinajstić information content (AvgIpc) is 2.58. The first-order chi connectivity index (χ1) is 10.8. The summed E-state index contributed by atoms with van der Waals surface area (Å²) in [5.41, 5.74) is 2.16. The van der Waals surface area contributed by atoms with E-state index < -0.39 is 0 Å². The zero-order valence-corrected chi connectivity index (χ0v) is 12.7. The van der Waals surface area contributed by atoms with Crippen LogP contribution in [0.15, 0.2) is 60.7 Å². The Morgan fingerprint density at radius 1 is 0.909 bits per heavy atom. The Bertz CT molecular complexity index is 676. The Labute approximate surface area is 132 Å². The Morgan fingerprint density at radius 3 is 2.27 bits per heavy atom. The van der Waals surface area contributed by atoms with Crippen molar-refractivity contribution < 1.29 is 4.79 Å². The van der Waals surface area contributed by atoms with Gasteiger partial charge in [0.1, 0.15) is 5.78 Å². The summed E-state index contributed by atoms with van der Waals surface area (Å²) >= 11 is 0. The molecule has 1 nitrogen and oxygen atoms in total. The van der Waals surface area contributed by atoms with E-state index in [2.05, 4.69) is 24.0 Å². The lowest BCUT2D eigenvalue weighted by Crippen LogP contribution is -2.25. The van der Waals surface area contributed by atoms with E-state index in [0.29, 0.717) is 12.2 Å². The van der Waals surface area contributed by atoms with Gasteiger partial charge in [0, 0.05) is 17.9 Å². The first kappa shape index (κ1) is 14.6. The van der Waals surface area contributed by atoms with E-state index >= 15 is 0 Å². The number of benzene rings is 2. The van der Waals surface area contributed by atoms with Crippen molar-refractivity contribution in [2.24, 2.45) is 5.92 Å². The highest BCUT2D eigenvalue weighted by Crippen LogP contribution is 2.33. The molecule has 1 saturated carbocycles. The third-order valence-corrected chi connectivity index (χ3v) is 4.31. The summed E-state index contributed by atoms with van der Waals surface area (Å²) in [6, 6.07) is 20.2. The maximum atomic E-state index is 12.4. The second-order valence-electron chi connectivity index (χ2n) is 5.84. The molecule has 0 saturated heterocycles. The lowest BCUT2D eigenvalue weighted by atomic mass is 9.76. The van der Waals surface area contributed by atoms with Crippen LogP contribution in [-0.2, 0) is 4.79 Å². The molecule has 22 heavy (non-hydrogen) atoms. The van der Waals surface area contributed by atoms with Crippen molar-refractivity contribution in [1.82, 2.24) is 0 Å². The Hall–Kier alpha value is -2.33. The van der Waals surface area contributed by atoms with Crippen LogP contribution in [0.3, 0.4) is 0 Å². The van der Waals surface area contributed by atoms with Crippen LogP contribution >= 0.6 is 0 Å². The molecule has 0 aromatic heterocycles. The molecule has 0 bridgehead atoms. The van der Waals surface area contributed by atoms with Gasteiger partial charge in [-0.2, -0.15) is 0 Å². The fourth-order valence-corrected chi connectivity index (χ4v) is 3.12. The molecular weight excluding hydrogens is 268 g/mol. The highest BCUT2D eigenvalue weighted by molar-refractivity contribution is 5.83. The smallest absolute Gasteiger partial charge is 0.137 e. The van der Waals surface area contributed by atoms with Crippen LogP contribution in [0.4, 0.5) is 0 Å². The van der Waals surface area contributed by atoms with E-state index in [-0.39, 0.29) is 11.8 Å². The zero-order chi connectivity index (χ0) is 15.2. The molecule has 2 atom stereocenters. The average molecular weight is 288 g/mol. The van der Waals surface area contributed by atoms with Crippen LogP contribution in [0.25, 0.3) is 0 Å². The molecule has 3 rings (SSSR count). The maximum Gasteiger partial charge on any atom is 0.137 e. The summed E-state index contributed by atoms with van der Waals surface area (Å²) in [6.07, 6.45) is 3.83. The van der Waals surface area contributed by atoms with Gasteiger partial charge >= 0.3 is 0 Å². The Morgan fingerprint density at radius 2 is 1.59 bits per heavy atom. The number of carbonyl (C=O) groups is 1. The van der Waals surface area contributed by atoms with E-state index in [1.165, 1.54) is 0 Å². The van der Waals surface area contributed by atoms with Gasteiger partial charge in [-0.3, -0.25) is 4.79 Å². The molecule has 1 aliphatic carbocycles. The van der Waals surface area contributed by atoms with Crippen LogP contribution in [-0.4, -0.2) is 5.78 Å². The van der Waals surface area contributed by atoms with Crippen molar-refractivity contribution in [2.45, 2.75) is 31.6 Å². The summed E-state index contributed by atoms with van der Waals surface area (Å²) in [5, 5.41) is 0. The molecule has 0 heterocycles. The van der Waals surface area contributed by atoms with Crippen molar-refractivity contribution in [1.29, 1.82) is 0 Å². The predicted octanol–water partition coefficient (Wildman–Crippen LogP) is 4.58. The first-order valence-corrected chi connectivity index (χ1v) is 7.99. The molecule has 0 aliphatic heterocycles. The molecule has 0 spiro atoms. The number of Topliss-reactive ketones (excluding diaryl/α,β-unsaturated/α-hetero) is 1. The molecule has 110 valence electrons. The van der Waals surface area contributed by atoms with Gasteiger partial charge < -0.3 is 0 Å². The molecule has 0 unspecified atom stereocenters. The summed E-state index contributed by atoms with van der Waals surface area (Å²) in [7, 11) is 0. The molecular formula is C21H20O. The zero-order valence-electron chi connectivity index (χ0n) is 12.7. The van der Waals surface area contributed by atoms with E-state index in [0.717, 1.165) is 30.4 Å². The minimum atomic E-state index is 0.00852. The second kappa shape index (κ2) is 7.09.